The molecule has 1 heterocycles. The van der Waals surface area contributed by atoms with Crippen molar-refractivity contribution in [3.63, 3.8) is 0 Å². The Morgan fingerprint density at radius 3 is 2.48 bits per heavy atom. The van der Waals surface area contributed by atoms with Crippen LogP contribution in [0.15, 0.2) is 18.2 Å². The number of nitrogens with one attached hydrogen (secondary N) is 1. The van der Waals surface area contributed by atoms with Gasteiger partial charge in [0, 0.05) is 6.04 Å². The fraction of sp³-hybridized carbons (Fsp3) is 0.500. The summed E-state index contributed by atoms with van der Waals surface area (Å²) in [5, 5.41) is 3.63. The fourth-order valence-electron chi connectivity index (χ4n) is 2.29. The number of halogens is 2. The summed E-state index contributed by atoms with van der Waals surface area (Å²) in [5.41, 5.74) is -0.0872. The minimum atomic E-state index is -3.02. The third-order valence-electron chi connectivity index (χ3n) is 3.78. The summed E-state index contributed by atoms with van der Waals surface area (Å²) in [6, 6.07) is 4.74. The lowest BCUT2D eigenvalue weighted by Gasteiger charge is -2.26. The van der Waals surface area contributed by atoms with Gasteiger partial charge in [-0.15, -0.1) is 0 Å². The van der Waals surface area contributed by atoms with Crippen LogP contribution in [0.3, 0.4) is 0 Å². The Kier molecular flexibility index (Phi) is 4.57. The molecule has 1 amide bonds. The van der Waals surface area contributed by atoms with Crippen LogP contribution in [0.4, 0.5) is 0 Å². The molecule has 2 rings (SSSR count). The second-order valence-electron chi connectivity index (χ2n) is 5.83. The average Bonchev–Trinajstić information content (AvgIpc) is 2.71. The lowest BCUT2D eigenvalue weighted by molar-refractivity contribution is -0.126. The molecule has 116 valence electrons. The van der Waals surface area contributed by atoms with Gasteiger partial charge in [-0.2, -0.15) is 0 Å². The van der Waals surface area contributed by atoms with Gasteiger partial charge in [0.15, 0.2) is 9.84 Å². The average molecular weight is 350 g/mol. The first-order chi connectivity index (χ1) is 9.62. The van der Waals surface area contributed by atoms with E-state index in [0.29, 0.717) is 16.5 Å². The fourth-order valence-corrected chi connectivity index (χ4v) is 4.26. The molecule has 0 saturated carbocycles. The van der Waals surface area contributed by atoms with Gasteiger partial charge in [0.2, 0.25) is 5.91 Å². The number of hydrogen-bond acceptors (Lipinski definition) is 3. The van der Waals surface area contributed by atoms with Crippen LogP contribution >= 0.6 is 23.2 Å². The molecule has 0 bridgehead atoms. The summed E-state index contributed by atoms with van der Waals surface area (Å²) < 4.78 is 22.9. The van der Waals surface area contributed by atoms with Gasteiger partial charge in [-0.05, 0) is 38.0 Å². The van der Waals surface area contributed by atoms with Gasteiger partial charge >= 0.3 is 0 Å². The van der Waals surface area contributed by atoms with E-state index < -0.39 is 15.3 Å². The summed E-state index contributed by atoms with van der Waals surface area (Å²) in [6.45, 7) is 3.54. The van der Waals surface area contributed by atoms with Gasteiger partial charge in [-0.25, -0.2) is 8.42 Å². The number of carbonyl (C=O) groups is 1. The summed E-state index contributed by atoms with van der Waals surface area (Å²) >= 11 is 11.9. The molecule has 0 spiro atoms. The van der Waals surface area contributed by atoms with E-state index in [1.54, 1.807) is 32.0 Å². The van der Waals surface area contributed by atoms with E-state index in [1.807, 2.05) is 0 Å². The zero-order chi connectivity index (χ0) is 15.8. The van der Waals surface area contributed by atoms with Crippen LogP contribution < -0.4 is 5.32 Å². The van der Waals surface area contributed by atoms with E-state index in [0.717, 1.165) is 5.56 Å². The first-order valence-electron chi connectivity index (χ1n) is 6.59. The first-order valence-corrected chi connectivity index (χ1v) is 9.16. The largest absolute Gasteiger partial charge is 0.352 e. The minimum absolute atomic E-state index is 0.0101. The van der Waals surface area contributed by atoms with Crippen molar-refractivity contribution in [1.82, 2.24) is 5.32 Å². The van der Waals surface area contributed by atoms with Gasteiger partial charge < -0.3 is 5.32 Å². The van der Waals surface area contributed by atoms with E-state index in [-0.39, 0.29) is 23.5 Å². The van der Waals surface area contributed by atoms with Crippen LogP contribution in [0.5, 0.6) is 0 Å². The number of benzene rings is 1. The van der Waals surface area contributed by atoms with E-state index in [4.69, 9.17) is 23.2 Å². The zero-order valence-electron chi connectivity index (χ0n) is 11.8. The molecule has 0 unspecified atom stereocenters. The Morgan fingerprint density at radius 2 is 1.95 bits per heavy atom. The summed E-state index contributed by atoms with van der Waals surface area (Å²) in [6.07, 6.45) is 0.464. The zero-order valence-corrected chi connectivity index (χ0v) is 14.1. The van der Waals surface area contributed by atoms with Crippen LogP contribution in [0.1, 0.15) is 25.8 Å². The SMILES string of the molecule is CC(C)(C(=O)N[C@@H]1CCS(=O)(=O)C1)c1ccc(Cl)c(Cl)c1. The molecule has 4 nitrogen and oxygen atoms in total. The van der Waals surface area contributed by atoms with Crippen molar-refractivity contribution in [3.05, 3.63) is 33.8 Å². The standard InChI is InChI=1S/C14H17Cl2NO3S/c1-14(2,9-3-4-11(15)12(16)7-9)13(18)17-10-5-6-21(19,20)8-10/h3-4,7,10H,5-6,8H2,1-2H3,(H,17,18)/t10-/m1/s1. The molecule has 0 aromatic heterocycles. The Hall–Kier alpha value is -0.780. The topological polar surface area (TPSA) is 63.2 Å². The maximum atomic E-state index is 12.4. The van der Waals surface area contributed by atoms with Crippen LogP contribution in [-0.4, -0.2) is 31.9 Å². The number of hydrogen-bond donors (Lipinski definition) is 1. The molecule has 1 N–H and O–H groups in total. The van der Waals surface area contributed by atoms with Crippen molar-refractivity contribution in [2.75, 3.05) is 11.5 Å². The minimum Gasteiger partial charge on any atom is -0.352 e. The molecule has 0 radical (unpaired) electrons. The van der Waals surface area contributed by atoms with Crippen LogP contribution in [0.25, 0.3) is 0 Å². The molecular formula is C14H17Cl2NO3S. The molecule has 1 atom stereocenters. The quantitative estimate of drug-likeness (QED) is 0.911. The smallest absolute Gasteiger partial charge is 0.230 e. The van der Waals surface area contributed by atoms with E-state index in [1.165, 1.54) is 0 Å². The van der Waals surface area contributed by atoms with Gasteiger partial charge in [0.05, 0.1) is 27.0 Å². The van der Waals surface area contributed by atoms with Crippen LogP contribution in [0.2, 0.25) is 10.0 Å². The molecule has 1 aliphatic heterocycles. The highest BCUT2D eigenvalue weighted by molar-refractivity contribution is 7.91. The van der Waals surface area contributed by atoms with Gasteiger partial charge in [0.25, 0.3) is 0 Å². The monoisotopic (exact) mass is 349 g/mol. The van der Waals surface area contributed by atoms with E-state index in [2.05, 4.69) is 5.32 Å². The van der Waals surface area contributed by atoms with Crippen LogP contribution in [-0.2, 0) is 20.0 Å². The first kappa shape index (κ1) is 16.6. The Bertz CT molecular complexity index is 671. The molecule has 1 fully saturated rings. The van der Waals surface area contributed by atoms with E-state index >= 15 is 0 Å². The number of amides is 1. The molecular weight excluding hydrogens is 333 g/mol. The third kappa shape index (κ3) is 3.71. The Balaban J connectivity index is 2.15. The molecule has 1 aliphatic rings. The second kappa shape index (κ2) is 5.78. The summed E-state index contributed by atoms with van der Waals surface area (Å²) in [5.74, 6) is -0.0792. The number of rotatable bonds is 3. The van der Waals surface area contributed by atoms with Gasteiger partial charge in [-0.1, -0.05) is 29.3 Å². The van der Waals surface area contributed by atoms with Crippen molar-refractivity contribution >= 4 is 38.9 Å². The highest BCUT2D eigenvalue weighted by atomic mass is 35.5. The van der Waals surface area contributed by atoms with Crippen molar-refractivity contribution in [2.24, 2.45) is 0 Å². The maximum Gasteiger partial charge on any atom is 0.230 e. The van der Waals surface area contributed by atoms with Crippen molar-refractivity contribution in [3.8, 4) is 0 Å². The normalized spacial score (nSPS) is 21.2. The Labute approximate surface area is 134 Å². The molecule has 1 aromatic rings. The van der Waals surface area contributed by atoms with E-state index in [9.17, 15) is 13.2 Å². The van der Waals surface area contributed by atoms with Crippen molar-refractivity contribution in [1.29, 1.82) is 0 Å². The van der Waals surface area contributed by atoms with Gasteiger partial charge in [-0.3, -0.25) is 4.79 Å². The molecule has 21 heavy (non-hydrogen) atoms. The van der Waals surface area contributed by atoms with Crippen molar-refractivity contribution in [2.45, 2.75) is 31.7 Å². The molecule has 1 saturated heterocycles. The van der Waals surface area contributed by atoms with Crippen LogP contribution in [0, 0.1) is 0 Å². The summed E-state index contributed by atoms with van der Waals surface area (Å²) in [7, 11) is -3.02. The highest BCUT2D eigenvalue weighted by Gasteiger charge is 2.35. The lowest BCUT2D eigenvalue weighted by atomic mass is 9.83. The third-order valence-corrected chi connectivity index (χ3v) is 6.28. The molecule has 7 heteroatoms. The Morgan fingerprint density at radius 1 is 1.29 bits per heavy atom. The predicted molar refractivity (Wildman–Crippen MR) is 84.7 cm³/mol. The maximum absolute atomic E-state index is 12.4. The molecule has 1 aromatic carbocycles. The predicted octanol–water partition coefficient (Wildman–Crippen LogP) is 2.57. The number of carbonyl (C=O) groups excluding carboxylic acids is 1. The number of sulfone groups is 1. The lowest BCUT2D eigenvalue weighted by Crippen LogP contribution is -2.45. The highest BCUT2D eigenvalue weighted by Crippen LogP contribution is 2.30. The second-order valence-corrected chi connectivity index (χ2v) is 8.87. The van der Waals surface area contributed by atoms with Crippen molar-refractivity contribution < 1.29 is 13.2 Å². The van der Waals surface area contributed by atoms with Gasteiger partial charge in [0.1, 0.15) is 0 Å². The summed E-state index contributed by atoms with van der Waals surface area (Å²) in [4.78, 5) is 12.4. The molecule has 0 aliphatic carbocycles.